The number of rotatable bonds is 7. The highest BCUT2D eigenvalue weighted by Gasteiger charge is 2.54. The van der Waals surface area contributed by atoms with Gasteiger partial charge in [0, 0.05) is 34.7 Å². The molecule has 1 atom stereocenters. The van der Waals surface area contributed by atoms with Gasteiger partial charge in [0.1, 0.15) is 11.5 Å². The number of aryl methyl sites for hydroxylation is 2. The molecular weight excluding hydrogens is 472 g/mol. The third-order valence-electron chi connectivity index (χ3n) is 7.50. The number of carbonyl (C=O) groups is 1. The SMILES string of the molecule is CCCCc1ccc(Nc2cc3c(cc2C)Oc2cccc(NCC)c2C32OC(=O)c3ccccc32)cc1. The van der Waals surface area contributed by atoms with Crippen LogP contribution in [0.5, 0.6) is 11.5 Å². The first-order valence-electron chi connectivity index (χ1n) is 13.4. The molecule has 0 radical (unpaired) electrons. The van der Waals surface area contributed by atoms with Gasteiger partial charge in [0.2, 0.25) is 0 Å². The summed E-state index contributed by atoms with van der Waals surface area (Å²) in [5.74, 6) is 1.04. The highest BCUT2D eigenvalue weighted by molar-refractivity contribution is 5.97. The van der Waals surface area contributed by atoms with E-state index < -0.39 is 5.60 Å². The fourth-order valence-corrected chi connectivity index (χ4v) is 5.64. The molecule has 1 unspecified atom stereocenters. The summed E-state index contributed by atoms with van der Waals surface area (Å²) in [6.07, 6.45) is 3.46. The second kappa shape index (κ2) is 9.56. The number of hydrogen-bond donors (Lipinski definition) is 2. The molecule has 38 heavy (non-hydrogen) atoms. The van der Waals surface area contributed by atoms with E-state index in [1.165, 1.54) is 18.4 Å². The summed E-state index contributed by atoms with van der Waals surface area (Å²) in [4.78, 5) is 13.3. The molecule has 2 aliphatic rings. The number of hydrogen-bond acceptors (Lipinski definition) is 5. The number of anilines is 3. The molecule has 0 aliphatic carbocycles. The molecule has 192 valence electrons. The minimum atomic E-state index is -1.12. The maximum absolute atomic E-state index is 13.3. The molecule has 0 fully saturated rings. The van der Waals surface area contributed by atoms with Crippen molar-refractivity contribution in [3.63, 3.8) is 0 Å². The van der Waals surface area contributed by atoms with Crippen molar-refractivity contribution in [2.75, 3.05) is 17.2 Å². The molecule has 0 saturated carbocycles. The van der Waals surface area contributed by atoms with Crippen LogP contribution in [0.1, 0.15) is 64.9 Å². The van der Waals surface area contributed by atoms with E-state index in [0.29, 0.717) is 17.1 Å². The van der Waals surface area contributed by atoms with Crippen molar-refractivity contribution in [2.45, 2.75) is 45.6 Å². The number of unbranched alkanes of at least 4 members (excludes halogenated alkanes) is 1. The number of benzene rings is 4. The Bertz CT molecular complexity index is 1530. The fraction of sp³-hybridized carbons (Fsp3) is 0.242. The molecule has 4 aromatic carbocycles. The fourth-order valence-electron chi connectivity index (χ4n) is 5.64. The molecule has 5 heteroatoms. The normalized spacial score (nSPS) is 16.8. The maximum atomic E-state index is 13.3. The third kappa shape index (κ3) is 3.81. The number of ether oxygens (including phenoxy) is 2. The van der Waals surface area contributed by atoms with E-state index in [0.717, 1.165) is 52.3 Å². The van der Waals surface area contributed by atoms with Crippen LogP contribution in [0, 0.1) is 6.92 Å². The van der Waals surface area contributed by atoms with Crippen molar-refractivity contribution in [1.82, 2.24) is 0 Å². The number of fused-ring (bicyclic) bond motifs is 6. The Balaban J connectivity index is 1.51. The first-order valence-corrected chi connectivity index (χ1v) is 13.4. The average Bonchev–Trinajstić information content (AvgIpc) is 3.22. The molecule has 0 saturated heterocycles. The van der Waals surface area contributed by atoms with Crippen molar-refractivity contribution in [3.8, 4) is 11.5 Å². The quantitative estimate of drug-likeness (QED) is 0.249. The Morgan fingerprint density at radius 2 is 1.66 bits per heavy atom. The first-order chi connectivity index (χ1) is 18.5. The summed E-state index contributed by atoms with van der Waals surface area (Å²) < 4.78 is 12.9. The Morgan fingerprint density at radius 1 is 0.842 bits per heavy atom. The van der Waals surface area contributed by atoms with Gasteiger partial charge in [-0.15, -0.1) is 0 Å². The number of esters is 1. The van der Waals surface area contributed by atoms with Gasteiger partial charge in [0.25, 0.3) is 0 Å². The molecule has 0 amide bonds. The first kappa shape index (κ1) is 24.1. The molecule has 6 rings (SSSR count). The average molecular weight is 505 g/mol. The minimum Gasteiger partial charge on any atom is -0.456 e. The monoisotopic (exact) mass is 504 g/mol. The van der Waals surface area contributed by atoms with Gasteiger partial charge in [-0.2, -0.15) is 0 Å². The van der Waals surface area contributed by atoms with Crippen molar-refractivity contribution in [1.29, 1.82) is 0 Å². The number of nitrogens with one attached hydrogen (secondary N) is 2. The van der Waals surface area contributed by atoms with E-state index >= 15 is 0 Å². The Labute approximate surface area is 223 Å². The second-order valence-corrected chi connectivity index (χ2v) is 10.0. The smallest absolute Gasteiger partial charge is 0.340 e. The predicted octanol–water partition coefficient (Wildman–Crippen LogP) is 8.08. The van der Waals surface area contributed by atoms with E-state index in [1.807, 2.05) is 48.5 Å². The topological polar surface area (TPSA) is 59.6 Å². The molecular formula is C33H32N2O3. The Kier molecular flexibility index (Phi) is 6.07. The van der Waals surface area contributed by atoms with Gasteiger partial charge in [-0.05, 0) is 80.3 Å². The summed E-state index contributed by atoms with van der Waals surface area (Å²) in [6, 6.07) is 26.3. The standard InChI is InChI=1S/C33H32N2O3/c1-4-6-10-22-15-17-23(18-16-22)35-28-20-26-30(19-21(28)3)37-29-14-9-13-27(34-5-2)31(29)33(26)25-12-8-7-11-24(25)32(36)38-33/h7-9,11-20,34-35H,4-6,10H2,1-3H3. The molecule has 5 nitrogen and oxygen atoms in total. The van der Waals surface area contributed by atoms with Crippen molar-refractivity contribution >= 4 is 23.0 Å². The zero-order valence-electron chi connectivity index (χ0n) is 22.1. The lowest BCUT2D eigenvalue weighted by Gasteiger charge is -2.38. The molecule has 1 spiro atoms. The molecule has 0 bridgehead atoms. The molecule has 2 heterocycles. The summed E-state index contributed by atoms with van der Waals surface area (Å²) in [6.45, 7) is 7.06. The molecule has 4 aromatic rings. The zero-order valence-corrected chi connectivity index (χ0v) is 22.1. The summed E-state index contributed by atoms with van der Waals surface area (Å²) in [7, 11) is 0. The van der Waals surface area contributed by atoms with Gasteiger partial charge >= 0.3 is 5.97 Å². The largest absolute Gasteiger partial charge is 0.456 e. The lowest BCUT2D eigenvalue weighted by molar-refractivity contribution is 0.0227. The van der Waals surface area contributed by atoms with Crippen LogP contribution in [-0.2, 0) is 16.8 Å². The lowest BCUT2D eigenvalue weighted by Crippen LogP contribution is -2.34. The van der Waals surface area contributed by atoms with Crippen LogP contribution in [0.3, 0.4) is 0 Å². The minimum absolute atomic E-state index is 0.330. The van der Waals surface area contributed by atoms with Crippen LogP contribution >= 0.6 is 0 Å². The van der Waals surface area contributed by atoms with Crippen LogP contribution in [0.25, 0.3) is 0 Å². The van der Waals surface area contributed by atoms with E-state index in [2.05, 4.69) is 61.7 Å². The van der Waals surface area contributed by atoms with Crippen LogP contribution in [-0.4, -0.2) is 12.5 Å². The number of carbonyl (C=O) groups excluding carboxylic acids is 1. The third-order valence-corrected chi connectivity index (χ3v) is 7.50. The molecule has 0 aromatic heterocycles. The van der Waals surface area contributed by atoms with Gasteiger partial charge in [-0.3, -0.25) is 0 Å². The van der Waals surface area contributed by atoms with Crippen molar-refractivity contribution in [2.24, 2.45) is 0 Å². The van der Waals surface area contributed by atoms with Crippen molar-refractivity contribution < 1.29 is 14.3 Å². The van der Waals surface area contributed by atoms with E-state index in [4.69, 9.17) is 9.47 Å². The Morgan fingerprint density at radius 3 is 2.45 bits per heavy atom. The van der Waals surface area contributed by atoms with Crippen LogP contribution < -0.4 is 15.4 Å². The van der Waals surface area contributed by atoms with Gasteiger partial charge in [-0.25, -0.2) is 4.79 Å². The Hall–Kier alpha value is -4.25. The van der Waals surface area contributed by atoms with Crippen LogP contribution in [0.2, 0.25) is 0 Å². The van der Waals surface area contributed by atoms with Crippen LogP contribution in [0.4, 0.5) is 17.1 Å². The lowest BCUT2D eigenvalue weighted by atomic mass is 9.76. The second-order valence-electron chi connectivity index (χ2n) is 10.0. The maximum Gasteiger partial charge on any atom is 0.340 e. The predicted molar refractivity (Wildman–Crippen MR) is 152 cm³/mol. The van der Waals surface area contributed by atoms with Crippen molar-refractivity contribution in [3.05, 3.63) is 112 Å². The zero-order chi connectivity index (χ0) is 26.3. The van der Waals surface area contributed by atoms with Gasteiger partial charge < -0.3 is 20.1 Å². The molecule has 2 N–H and O–H groups in total. The van der Waals surface area contributed by atoms with Gasteiger partial charge in [0.15, 0.2) is 5.60 Å². The van der Waals surface area contributed by atoms with E-state index in [1.54, 1.807) is 0 Å². The van der Waals surface area contributed by atoms with Crippen LogP contribution in [0.15, 0.2) is 78.9 Å². The summed E-state index contributed by atoms with van der Waals surface area (Å²) in [5.41, 5.74) is 7.14. The highest BCUT2D eigenvalue weighted by atomic mass is 16.6. The highest BCUT2D eigenvalue weighted by Crippen LogP contribution is 2.58. The van der Waals surface area contributed by atoms with Gasteiger partial charge in [0.05, 0.1) is 11.1 Å². The van der Waals surface area contributed by atoms with E-state index in [9.17, 15) is 4.79 Å². The molecule has 2 aliphatic heterocycles. The van der Waals surface area contributed by atoms with Gasteiger partial charge in [-0.1, -0.05) is 49.7 Å². The summed E-state index contributed by atoms with van der Waals surface area (Å²) in [5, 5.41) is 7.06. The van der Waals surface area contributed by atoms with E-state index in [-0.39, 0.29) is 5.97 Å². The summed E-state index contributed by atoms with van der Waals surface area (Å²) >= 11 is 0.